The molecule has 0 unspecified atom stereocenters. The van der Waals surface area contributed by atoms with E-state index in [1.54, 1.807) is 48.5 Å². The second kappa shape index (κ2) is 4.86. The van der Waals surface area contributed by atoms with Crippen molar-refractivity contribution in [1.82, 2.24) is 0 Å². The van der Waals surface area contributed by atoms with E-state index in [1.807, 2.05) is 18.2 Å². The minimum Gasteiger partial charge on any atom is -0.338 e. The fraction of sp³-hybridized carbons (Fsp3) is 0.118. The number of ketones is 1. The number of carbonyl (C=O) groups excluding carboxylic acids is 1. The normalized spacial score (nSPS) is 22.9. The summed E-state index contributed by atoms with van der Waals surface area (Å²) >= 11 is 0. The molecule has 2 atom stereocenters. The monoisotopic (exact) mass is 274 g/mol. The summed E-state index contributed by atoms with van der Waals surface area (Å²) < 4.78 is 5.44. The summed E-state index contributed by atoms with van der Waals surface area (Å²) in [6.07, 6.45) is -0.581. The predicted molar refractivity (Wildman–Crippen MR) is 74.1 cm³/mol. The van der Waals surface area contributed by atoms with Gasteiger partial charge in [0.1, 0.15) is 12.2 Å². The Hall–Kier alpha value is -2.95. The molecular weight excluding hydrogens is 264 g/mol. The maximum atomic E-state index is 12.5. The summed E-state index contributed by atoms with van der Waals surface area (Å²) in [5.41, 5.74) is 0.251. The quantitative estimate of drug-likeness (QED) is 0.637. The molecule has 21 heavy (non-hydrogen) atoms. The van der Waals surface area contributed by atoms with E-state index in [0.717, 1.165) is 5.56 Å². The average Bonchev–Trinajstić information content (AvgIpc) is 3.31. The van der Waals surface area contributed by atoms with Gasteiger partial charge in [0.2, 0.25) is 11.4 Å². The largest absolute Gasteiger partial charge is 0.338 e. The number of hydrogen-bond donors (Lipinski definition) is 0. The molecule has 1 saturated heterocycles. The number of hydrogen-bond acceptors (Lipinski definition) is 4. The van der Waals surface area contributed by atoms with Gasteiger partial charge in [0.05, 0.1) is 11.6 Å². The molecule has 100 valence electrons. The number of ether oxygens (including phenoxy) is 1. The Bertz CT molecular complexity index is 769. The zero-order valence-corrected chi connectivity index (χ0v) is 11.0. The summed E-state index contributed by atoms with van der Waals surface area (Å²) in [6.45, 7) is 0. The number of epoxide rings is 1. The van der Waals surface area contributed by atoms with Crippen LogP contribution in [0.1, 0.15) is 27.6 Å². The van der Waals surface area contributed by atoms with Crippen LogP contribution in [0.3, 0.4) is 0 Å². The van der Waals surface area contributed by atoms with Crippen molar-refractivity contribution in [1.29, 1.82) is 10.5 Å². The van der Waals surface area contributed by atoms with Crippen molar-refractivity contribution in [3.05, 3.63) is 71.3 Å². The van der Waals surface area contributed by atoms with E-state index in [0.29, 0.717) is 11.1 Å². The Balaban J connectivity index is 1.90. The summed E-state index contributed by atoms with van der Waals surface area (Å²) in [4.78, 5) is 12.5. The van der Waals surface area contributed by atoms with Gasteiger partial charge in [-0.3, -0.25) is 4.79 Å². The molecule has 1 aliphatic rings. The highest BCUT2D eigenvalue weighted by Gasteiger charge is 2.64. The summed E-state index contributed by atoms with van der Waals surface area (Å²) in [7, 11) is 0. The second-order valence-electron chi connectivity index (χ2n) is 4.77. The molecule has 0 aromatic heterocycles. The molecule has 1 fully saturated rings. The molecule has 0 radical (unpaired) electrons. The lowest BCUT2D eigenvalue weighted by Crippen LogP contribution is -2.23. The van der Waals surface area contributed by atoms with Gasteiger partial charge in [0, 0.05) is 5.56 Å². The molecule has 0 amide bonds. The molecule has 3 rings (SSSR count). The van der Waals surface area contributed by atoms with Crippen LogP contribution in [0.5, 0.6) is 0 Å². The molecule has 0 N–H and O–H groups in total. The maximum absolute atomic E-state index is 12.5. The molecule has 1 heterocycles. The van der Waals surface area contributed by atoms with Crippen molar-refractivity contribution in [3.63, 3.8) is 0 Å². The number of Topliss-reactive ketones (excluding diaryl/α,β-unsaturated/α-hetero) is 1. The molecule has 0 saturated carbocycles. The summed E-state index contributed by atoms with van der Waals surface area (Å²) in [5.74, 6) is -0.333. The minimum absolute atomic E-state index is 0.333. The van der Waals surface area contributed by atoms with Gasteiger partial charge < -0.3 is 4.74 Å². The summed E-state index contributed by atoms with van der Waals surface area (Å²) in [6, 6.07) is 19.4. The van der Waals surface area contributed by atoms with Crippen LogP contribution in [-0.4, -0.2) is 11.4 Å². The van der Waals surface area contributed by atoms with E-state index >= 15 is 0 Å². The van der Waals surface area contributed by atoms with Crippen molar-refractivity contribution in [2.24, 2.45) is 0 Å². The zero-order valence-electron chi connectivity index (χ0n) is 11.0. The van der Waals surface area contributed by atoms with Crippen molar-refractivity contribution in [2.45, 2.75) is 11.7 Å². The number of rotatable bonds is 3. The van der Waals surface area contributed by atoms with Gasteiger partial charge in [-0.2, -0.15) is 10.5 Å². The highest BCUT2D eigenvalue weighted by molar-refractivity contribution is 6.07. The van der Waals surface area contributed by atoms with Gasteiger partial charge in [-0.25, -0.2) is 0 Å². The number of benzene rings is 2. The smallest absolute Gasteiger partial charge is 0.248 e. The maximum Gasteiger partial charge on any atom is 0.248 e. The van der Waals surface area contributed by atoms with Crippen LogP contribution >= 0.6 is 0 Å². The van der Waals surface area contributed by atoms with E-state index in [1.165, 1.54) is 0 Å². The Labute approximate surface area is 121 Å². The van der Waals surface area contributed by atoms with E-state index < -0.39 is 11.7 Å². The lowest BCUT2D eigenvalue weighted by molar-refractivity contribution is 0.0914. The molecule has 2 aromatic carbocycles. The first-order chi connectivity index (χ1) is 10.2. The highest BCUT2D eigenvalue weighted by Crippen LogP contribution is 2.51. The first-order valence-electron chi connectivity index (χ1n) is 6.40. The van der Waals surface area contributed by atoms with Gasteiger partial charge in [-0.15, -0.1) is 0 Å². The average molecular weight is 274 g/mol. The molecule has 0 spiro atoms. The third-order valence-electron chi connectivity index (χ3n) is 3.50. The van der Waals surface area contributed by atoms with Crippen molar-refractivity contribution in [3.8, 4) is 12.1 Å². The minimum atomic E-state index is -1.45. The Kier molecular flexibility index (Phi) is 3.02. The predicted octanol–water partition coefficient (Wildman–Crippen LogP) is 2.77. The van der Waals surface area contributed by atoms with E-state index in [9.17, 15) is 10.1 Å². The number of carbonyl (C=O) groups is 1. The van der Waals surface area contributed by atoms with Crippen LogP contribution in [0.25, 0.3) is 0 Å². The van der Waals surface area contributed by atoms with Gasteiger partial charge in [-0.1, -0.05) is 42.5 Å². The Morgan fingerprint density at radius 2 is 1.71 bits per heavy atom. The van der Waals surface area contributed by atoms with Gasteiger partial charge >= 0.3 is 0 Å². The van der Waals surface area contributed by atoms with Crippen LogP contribution in [-0.2, 0) is 4.74 Å². The zero-order chi connectivity index (χ0) is 14.9. The third-order valence-corrected chi connectivity index (χ3v) is 3.50. The second-order valence-corrected chi connectivity index (χ2v) is 4.77. The van der Waals surface area contributed by atoms with Crippen molar-refractivity contribution < 1.29 is 9.53 Å². The lowest BCUT2D eigenvalue weighted by Gasteiger charge is -2.03. The third kappa shape index (κ3) is 2.08. The van der Waals surface area contributed by atoms with E-state index in [2.05, 4.69) is 0 Å². The standard InChI is InChI=1S/C17H10N2O2/c18-10-12-6-8-14(9-7-12)16-17(11-19,21-16)15(20)13-4-2-1-3-5-13/h1-9,16H/t16-,17-/m0/s1. The van der Waals surface area contributed by atoms with Crippen LogP contribution in [0.4, 0.5) is 0 Å². The fourth-order valence-corrected chi connectivity index (χ4v) is 2.30. The van der Waals surface area contributed by atoms with Crippen LogP contribution in [0.2, 0.25) is 0 Å². The topological polar surface area (TPSA) is 77.2 Å². The molecule has 0 aliphatic carbocycles. The molecule has 4 heteroatoms. The van der Waals surface area contributed by atoms with Gasteiger partial charge in [0.25, 0.3) is 0 Å². The molecule has 1 aliphatic heterocycles. The lowest BCUT2D eigenvalue weighted by atomic mass is 9.92. The van der Waals surface area contributed by atoms with E-state index in [-0.39, 0.29) is 5.78 Å². The summed E-state index contributed by atoms with van der Waals surface area (Å²) in [5, 5.41) is 18.2. The number of nitrogens with zero attached hydrogens (tertiary/aromatic N) is 2. The van der Waals surface area contributed by atoms with Crippen LogP contribution < -0.4 is 0 Å². The molecule has 2 aromatic rings. The SMILES string of the molecule is N#Cc1ccc([C@@H]2O[C@@]2(C#N)C(=O)c2ccccc2)cc1. The van der Waals surface area contributed by atoms with Gasteiger partial charge in [-0.05, 0) is 17.7 Å². The van der Waals surface area contributed by atoms with E-state index in [4.69, 9.17) is 10.00 Å². The fourth-order valence-electron chi connectivity index (χ4n) is 2.30. The highest BCUT2D eigenvalue weighted by atomic mass is 16.6. The molecule has 4 nitrogen and oxygen atoms in total. The van der Waals surface area contributed by atoms with Gasteiger partial charge in [0.15, 0.2) is 0 Å². The first kappa shape index (κ1) is 13.1. The molecule has 0 bridgehead atoms. The van der Waals surface area contributed by atoms with Crippen LogP contribution in [0.15, 0.2) is 54.6 Å². The van der Waals surface area contributed by atoms with Crippen molar-refractivity contribution >= 4 is 5.78 Å². The van der Waals surface area contributed by atoms with Crippen LogP contribution in [0, 0.1) is 22.7 Å². The number of nitriles is 2. The Morgan fingerprint density at radius 3 is 2.29 bits per heavy atom. The molecular formula is C17H10N2O2. The Morgan fingerprint density at radius 1 is 1.05 bits per heavy atom. The first-order valence-corrected chi connectivity index (χ1v) is 6.40. The van der Waals surface area contributed by atoms with Crippen molar-refractivity contribution in [2.75, 3.05) is 0 Å².